The second-order valence-electron chi connectivity index (χ2n) is 6.03. The van der Waals surface area contributed by atoms with Crippen molar-refractivity contribution in [3.05, 3.63) is 47.3 Å². The Morgan fingerprint density at radius 1 is 1.38 bits per heavy atom. The molecule has 0 bridgehead atoms. The van der Waals surface area contributed by atoms with Gasteiger partial charge in [-0.25, -0.2) is 4.68 Å². The molecule has 1 aromatic carbocycles. The molecule has 0 spiro atoms. The van der Waals surface area contributed by atoms with Crippen molar-refractivity contribution in [1.29, 1.82) is 0 Å². The molecule has 24 heavy (non-hydrogen) atoms. The highest BCUT2D eigenvalue weighted by molar-refractivity contribution is 5.94. The fraction of sp³-hybridized carbons (Fsp3) is 0.444. The van der Waals surface area contributed by atoms with E-state index in [0.717, 1.165) is 36.2 Å². The number of para-hydroxylation sites is 1. The molecule has 0 saturated carbocycles. The maximum atomic E-state index is 12.5. The lowest BCUT2D eigenvalue weighted by Gasteiger charge is -2.09. The third-order valence-corrected chi connectivity index (χ3v) is 4.27. The molecule has 1 aliphatic carbocycles. The minimum absolute atomic E-state index is 0.174. The maximum absolute atomic E-state index is 12.5. The summed E-state index contributed by atoms with van der Waals surface area (Å²) in [5.41, 5.74) is 3.66. The van der Waals surface area contributed by atoms with Crippen molar-refractivity contribution < 1.29 is 14.6 Å². The van der Waals surface area contributed by atoms with Crippen LogP contribution in [0.1, 0.15) is 34.6 Å². The molecule has 0 radical (unpaired) electrons. The first-order valence-electron chi connectivity index (χ1n) is 8.32. The van der Waals surface area contributed by atoms with Gasteiger partial charge in [0.05, 0.1) is 18.4 Å². The highest BCUT2D eigenvalue weighted by atomic mass is 16.5. The van der Waals surface area contributed by atoms with Gasteiger partial charge in [0, 0.05) is 24.9 Å². The van der Waals surface area contributed by atoms with Crippen LogP contribution < -0.4 is 5.32 Å². The van der Waals surface area contributed by atoms with Crippen molar-refractivity contribution in [2.45, 2.75) is 31.8 Å². The van der Waals surface area contributed by atoms with Crippen LogP contribution in [0.25, 0.3) is 5.69 Å². The standard InChI is InChI=1S/C18H23N3O3/c1-24-12-14(22)10-11-19-18(23)17-15-8-5-9-16(15)21(20-17)13-6-3-2-4-7-13/h2-4,6-7,14,22H,5,8-12H2,1H3,(H,19,23). The number of aliphatic hydroxyl groups excluding tert-OH is 1. The van der Waals surface area contributed by atoms with E-state index in [-0.39, 0.29) is 12.5 Å². The summed E-state index contributed by atoms with van der Waals surface area (Å²) in [7, 11) is 1.54. The van der Waals surface area contributed by atoms with Gasteiger partial charge in [-0.2, -0.15) is 5.10 Å². The molecule has 1 amide bonds. The molecule has 1 unspecified atom stereocenters. The van der Waals surface area contributed by atoms with Gasteiger partial charge in [0.1, 0.15) is 0 Å². The van der Waals surface area contributed by atoms with Crippen LogP contribution in [-0.4, -0.2) is 47.2 Å². The van der Waals surface area contributed by atoms with Crippen molar-refractivity contribution in [2.75, 3.05) is 20.3 Å². The normalized spacial score (nSPS) is 14.4. The number of nitrogens with one attached hydrogen (secondary N) is 1. The third-order valence-electron chi connectivity index (χ3n) is 4.27. The lowest BCUT2D eigenvalue weighted by molar-refractivity contribution is 0.0587. The number of hydrogen-bond donors (Lipinski definition) is 2. The van der Waals surface area contributed by atoms with E-state index in [4.69, 9.17) is 4.74 Å². The van der Waals surface area contributed by atoms with E-state index in [0.29, 0.717) is 18.7 Å². The summed E-state index contributed by atoms with van der Waals surface area (Å²) >= 11 is 0. The number of aliphatic hydroxyl groups is 1. The van der Waals surface area contributed by atoms with Crippen molar-refractivity contribution >= 4 is 5.91 Å². The summed E-state index contributed by atoms with van der Waals surface area (Å²) in [4.78, 5) is 12.5. The van der Waals surface area contributed by atoms with Crippen molar-refractivity contribution in [3.8, 4) is 5.69 Å². The van der Waals surface area contributed by atoms with Gasteiger partial charge in [-0.3, -0.25) is 4.79 Å². The fourth-order valence-corrected chi connectivity index (χ4v) is 3.11. The number of hydrogen-bond acceptors (Lipinski definition) is 4. The molecule has 6 heteroatoms. The van der Waals surface area contributed by atoms with E-state index < -0.39 is 6.10 Å². The molecule has 2 aromatic rings. The van der Waals surface area contributed by atoms with Gasteiger partial charge in [-0.15, -0.1) is 0 Å². The van der Waals surface area contributed by atoms with Gasteiger partial charge in [-0.05, 0) is 37.8 Å². The van der Waals surface area contributed by atoms with E-state index in [9.17, 15) is 9.90 Å². The van der Waals surface area contributed by atoms with Crippen LogP contribution in [0.5, 0.6) is 0 Å². The number of methoxy groups -OCH3 is 1. The van der Waals surface area contributed by atoms with Crippen molar-refractivity contribution in [1.82, 2.24) is 15.1 Å². The van der Waals surface area contributed by atoms with Gasteiger partial charge >= 0.3 is 0 Å². The summed E-state index contributed by atoms with van der Waals surface area (Å²) in [5.74, 6) is -0.174. The molecule has 128 valence electrons. The number of ether oxygens (including phenoxy) is 1. The molecule has 0 saturated heterocycles. The van der Waals surface area contributed by atoms with Gasteiger partial charge in [-0.1, -0.05) is 18.2 Å². The van der Waals surface area contributed by atoms with E-state index in [1.54, 1.807) is 7.11 Å². The van der Waals surface area contributed by atoms with Crippen LogP contribution in [0, 0.1) is 0 Å². The van der Waals surface area contributed by atoms with E-state index in [1.165, 1.54) is 0 Å². The monoisotopic (exact) mass is 329 g/mol. The second kappa shape index (κ2) is 7.59. The first-order chi connectivity index (χ1) is 11.7. The van der Waals surface area contributed by atoms with E-state index in [2.05, 4.69) is 10.4 Å². The Balaban J connectivity index is 1.73. The average Bonchev–Trinajstić information content (AvgIpc) is 3.18. The Hall–Kier alpha value is -2.18. The Morgan fingerprint density at radius 3 is 2.92 bits per heavy atom. The lowest BCUT2D eigenvalue weighted by atomic mass is 10.2. The number of amides is 1. The number of fused-ring (bicyclic) bond motifs is 1. The molecule has 6 nitrogen and oxygen atoms in total. The molecule has 0 aliphatic heterocycles. The molecule has 3 rings (SSSR count). The van der Waals surface area contributed by atoms with E-state index in [1.807, 2.05) is 35.0 Å². The number of carbonyl (C=O) groups excluding carboxylic acids is 1. The lowest BCUT2D eigenvalue weighted by Crippen LogP contribution is -2.29. The number of nitrogens with zero attached hydrogens (tertiary/aromatic N) is 2. The van der Waals surface area contributed by atoms with Gasteiger partial charge in [0.2, 0.25) is 0 Å². The Morgan fingerprint density at radius 2 is 2.17 bits per heavy atom. The maximum Gasteiger partial charge on any atom is 0.272 e. The summed E-state index contributed by atoms with van der Waals surface area (Å²) in [5, 5.41) is 17.1. The van der Waals surface area contributed by atoms with Crippen LogP contribution in [0.4, 0.5) is 0 Å². The van der Waals surface area contributed by atoms with Gasteiger partial charge in [0.15, 0.2) is 5.69 Å². The van der Waals surface area contributed by atoms with Crippen molar-refractivity contribution in [2.24, 2.45) is 0 Å². The highest BCUT2D eigenvalue weighted by Gasteiger charge is 2.26. The fourth-order valence-electron chi connectivity index (χ4n) is 3.11. The predicted octanol–water partition coefficient (Wildman–Crippen LogP) is 1.49. The van der Waals surface area contributed by atoms with Gasteiger partial charge < -0.3 is 15.2 Å². The van der Waals surface area contributed by atoms with Crippen LogP contribution in [-0.2, 0) is 17.6 Å². The molecule has 1 atom stereocenters. The van der Waals surface area contributed by atoms with Crippen LogP contribution in [0.3, 0.4) is 0 Å². The first-order valence-corrected chi connectivity index (χ1v) is 8.32. The zero-order chi connectivity index (χ0) is 16.9. The Labute approximate surface area is 141 Å². The molecular formula is C18H23N3O3. The smallest absolute Gasteiger partial charge is 0.272 e. The minimum atomic E-state index is -0.567. The predicted molar refractivity (Wildman–Crippen MR) is 90.4 cm³/mol. The third kappa shape index (κ3) is 3.49. The molecule has 1 aromatic heterocycles. The molecule has 1 aliphatic rings. The summed E-state index contributed by atoms with van der Waals surface area (Å²) < 4.78 is 6.77. The average molecular weight is 329 g/mol. The summed E-state index contributed by atoms with van der Waals surface area (Å²) in [6.45, 7) is 0.671. The topological polar surface area (TPSA) is 76.4 Å². The summed E-state index contributed by atoms with van der Waals surface area (Å²) in [6, 6.07) is 9.89. The molecule has 0 fully saturated rings. The number of carbonyl (C=O) groups is 1. The molecule has 1 heterocycles. The molecule has 2 N–H and O–H groups in total. The van der Waals surface area contributed by atoms with Crippen LogP contribution >= 0.6 is 0 Å². The van der Waals surface area contributed by atoms with Crippen molar-refractivity contribution in [3.63, 3.8) is 0 Å². The van der Waals surface area contributed by atoms with Crippen LogP contribution in [0.2, 0.25) is 0 Å². The quantitative estimate of drug-likeness (QED) is 0.807. The Bertz CT molecular complexity index is 697. The number of rotatable bonds is 7. The SMILES string of the molecule is COCC(O)CCNC(=O)c1nn(-c2ccccc2)c2c1CCC2. The van der Waals surface area contributed by atoms with Crippen LogP contribution in [0.15, 0.2) is 30.3 Å². The zero-order valence-electron chi connectivity index (χ0n) is 13.9. The number of benzene rings is 1. The second-order valence-corrected chi connectivity index (χ2v) is 6.03. The number of aromatic nitrogens is 2. The molecular weight excluding hydrogens is 306 g/mol. The zero-order valence-corrected chi connectivity index (χ0v) is 13.9. The summed E-state index contributed by atoms with van der Waals surface area (Å²) in [6.07, 6.45) is 2.77. The largest absolute Gasteiger partial charge is 0.391 e. The first kappa shape index (κ1) is 16.7. The Kier molecular flexibility index (Phi) is 5.27. The minimum Gasteiger partial charge on any atom is -0.391 e. The highest BCUT2D eigenvalue weighted by Crippen LogP contribution is 2.27. The van der Waals surface area contributed by atoms with Gasteiger partial charge in [0.25, 0.3) is 5.91 Å². The van der Waals surface area contributed by atoms with E-state index >= 15 is 0 Å².